The van der Waals surface area contributed by atoms with E-state index in [-0.39, 0.29) is 5.82 Å². The van der Waals surface area contributed by atoms with Crippen molar-refractivity contribution in [2.75, 3.05) is 5.32 Å². The van der Waals surface area contributed by atoms with E-state index in [0.717, 1.165) is 21.3 Å². The number of benzene rings is 2. The molecule has 0 aromatic heterocycles. The largest absolute Gasteiger partial charge is 0.381 e. The fraction of sp³-hybridized carbons (Fsp3) is 0.133. The first-order valence-corrected chi connectivity index (χ1v) is 6.85. The van der Waals surface area contributed by atoms with Crippen LogP contribution in [0.15, 0.2) is 40.9 Å². The van der Waals surface area contributed by atoms with Crippen LogP contribution in [0, 0.1) is 12.7 Å². The van der Waals surface area contributed by atoms with Crippen LogP contribution >= 0.6 is 15.9 Å². The lowest BCUT2D eigenvalue weighted by Crippen LogP contribution is -2.11. The van der Waals surface area contributed by atoms with Crippen molar-refractivity contribution >= 4 is 27.5 Å². The highest BCUT2D eigenvalue weighted by Gasteiger charge is 2.06. The highest BCUT2D eigenvalue weighted by atomic mass is 79.9. The SMILES string of the molecule is Cc1cc(C(N)=O)ccc1NCc1cc(F)ccc1Br. The molecule has 104 valence electrons. The Morgan fingerprint density at radius 3 is 2.70 bits per heavy atom. The van der Waals surface area contributed by atoms with Gasteiger partial charge in [-0.1, -0.05) is 15.9 Å². The molecule has 0 saturated carbocycles. The van der Waals surface area contributed by atoms with Crippen molar-refractivity contribution in [3.05, 3.63) is 63.4 Å². The van der Waals surface area contributed by atoms with Gasteiger partial charge in [0.25, 0.3) is 0 Å². The molecule has 20 heavy (non-hydrogen) atoms. The summed E-state index contributed by atoms with van der Waals surface area (Å²) in [6.07, 6.45) is 0. The van der Waals surface area contributed by atoms with Crippen LogP contribution in [0.3, 0.4) is 0 Å². The maximum Gasteiger partial charge on any atom is 0.248 e. The summed E-state index contributed by atoms with van der Waals surface area (Å²) in [6.45, 7) is 2.37. The highest BCUT2D eigenvalue weighted by Crippen LogP contribution is 2.21. The van der Waals surface area contributed by atoms with Crippen molar-refractivity contribution < 1.29 is 9.18 Å². The van der Waals surface area contributed by atoms with Gasteiger partial charge in [0.2, 0.25) is 5.91 Å². The molecule has 0 saturated heterocycles. The lowest BCUT2D eigenvalue weighted by molar-refractivity contribution is 0.1000. The van der Waals surface area contributed by atoms with Crippen LogP contribution in [-0.4, -0.2) is 5.91 Å². The standard InChI is InChI=1S/C15H14BrFN2O/c1-9-6-10(15(18)20)2-5-14(9)19-8-11-7-12(17)3-4-13(11)16/h2-7,19H,8H2,1H3,(H2,18,20). The van der Waals surface area contributed by atoms with Crippen LogP contribution in [0.25, 0.3) is 0 Å². The zero-order valence-corrected chi connectivity index (χ0v) is 12.5. The Bertz CT molecular complexity index is 658. The number of hydrogen-bond donors (Lipinski definition) is 2. The minimum absolute atomic E-state index is 0.272. The summed E-state index contributed by atoms with van der Waals surface area (Å²) in [4.78, 5) is 11.1. The van der Waals surface area contributed by atoms with E-state index in [1.165, 1.54) is 12.1 Å². The van der Waals surface area contributed by atoms with Crippen LogP contribution in [0.5, 0.6) is 0 Å². The average molecular weight is 337 g/mol. The molecule has 0 fully saturated rings. The van der Waals surface area contributed by atoms with E-state index in [9.17, 15) is 9.18 Å². The molecular weight excluding hydrogens is 323 g/mol. The van der Waals surface area contributed by atoms with E-state index in [2.05, 4.69) is 21.2 Å². The number of carbonyl (C=O) groups excluding carboxylic acids is 1. The summed E-state index contributed by atoms with van der Waals surface area (Å²) < 4.78 is 14.0. The average Bonchev–Trinajstić information content (AvgIpc) is 2.40. The summed E-state index contributed by atoms with van der Waals surface area (Å²) in [5, 5.41) is 3.21. The van der Waals surface area contributed by atoms with E-state index in [1.807, 2.05) is 6.92 Å². The van der Waals surface area contributed by atoms with Gasteiger partial charge in [-0.05, 0) is 54.4 Å². The Morgan fingerprint density at radius 2 is 2.05 bits per heavy atom. The van der Waals surface area contributed by atoms with E-state index in [4.69, 9.17) is 5.73 Å². The predicted octanol–water partition coefficient (Wildman–Crippen LogP) is 3.61. The minimum Gasteiger partial charge on any atom is -0.381 e. The zero-order valence-electron chi connectivity index (χ0n) is 10.9. The van der Waals surface area contributed by atoms with Crippen molar-refractivity contribution in [3.8, 4) is 0 Å². The lowest BCUT2D eigenvalue weighted by atomic mass is 10.1. The molecule has 0 aliphatic carbocycles. The Labute approximate surface area is 125 Å². The van der Waals surface area contributed by atoms with Gasteiger partial charge in [0.15, 0.2) is 0 Å². The third-order valence-electron chi connectivity index (χ3n) is 2.99. The third kappa shape index (κ3) is 3.36. The van der Waals surface area contributed by atoms with E-state index >= 15 is 0 Å². The van der Waals surface area contributed by atoms with Crippen LogP contribution in [0.1, 0.15) is 21.5 Å². The number of nitrogens with one attached hydrogen (secondary N) is 1. The molecule has 0 spiro atoms. The normalized spacial score (nSPS) is 10.3. The van der Waals surface area contributed by atoms with Gasteiger partial charge in [-0.2, -0.15) is 0 Å². The summed E-state index contributed by atoms with van der Waals surface area (Å²) in [7, 11) is 0. The van der Waals surface area contributed by atoms with Gasteiger partial charge in [0, 0.05) is 22.3 Å². The van der Waals surface area contributed by atoms with Crippen molar-refractivity contribution in [1.82, 2.24) is 0 Å². The lowest BCUT2D eigenvalue weighted by Gasteiger charge is -2.11. The van der Waals surface area contributed by atoms with Crippen molar-refractivity contribution in [1.29, 1.82) is 0 Å². The smallest absolute Gasteiger partial charge is 0.248 e. The van der Waals surface area contributed by atoms with Gasteiger partial charge >= 0.3 is 0 Å². The van der Waals surface area contributed by atoms with E-state index < -0.39 is 5.91 Å². The second-order valence-electron chi connectivity index (χ2n) is 4.48. The monoisotopic (exact) mass is 336 g/mol. The van der Waals surface area contributed by atoms with Crippen LogP contribution in [0.2, 0.25) is 0 Å². The minimum atomic E-state index is -0.451. The van der Waals surface area contributed by atoms with Gasteiger partial charge in [-0.3, -0.25) is 4.79 Å². The Balaban J connectivity index is 2.15. The Morgan fingerprint density at radius 1 is 1.30 bits per heavy atom. The third-order valence-corrected chi connectivity index (χ3v) is 3.76. The molecule has 1 amide bonds. The topological polar surface area (TPSA) is 55.1 Å². The fourth-order valence-corrected chi connectivity index (χ4v) is 2.27. The number of anilines is 1. The Hall–Kier alpha value is -1.88. The van der Waals surface area contributed by atoms with Gasteiger partial charge in [-0.25, -0.2) is 4.39 Å². The molecule has 0 bridgehead atoms. The molecule has 2 rings (SSSR count). The molecule has 0 atom stereocenters. The molecule has 0 heterocycles. The number of halogens is 2. The Kier molecular flexibility index (Phi) is 4.39. The quantitative estimate of drug-likeness (QED) is 0.896. The first-order chi connectivity index (χ1) is 9.47. The number of amides is 1. The number of rotatable bonds is 4. The molecule has 3 nitrogen and oxygen atoms in total. The van der Waals surface area contributed by atoms with Crippen LogP contribution < -0.4 is 11.1 Å². The van der Waals surface area contributed by atoms with Crippen molar-refractivity contribution in [2.24, 2.45) is 5.73 Å². The van der Waals surface area contributed by atoms with Crippen LogP contribution in [-0.2, 0) is 6.54 Å². The molecule has 0 unspecified atom stereocenters. The van der Waals surface area contributed by atoms with Crippen molar-refractivity contribution in [3.63, 3.8) is 0 Å². The van der Waals surface area contributed by atoms with Gasteiger partial charge in [0.1, 0.15) is 5.82 Å². The number of aryl methyl sites for hydroxylation is 1. The van der Waals surface area contributed by atoms with E-state index in [0.29, 0.717) is 12.1 Å². The highest BCUT2D eigenvalue weighted by molar-refractivity contribution is 9.10. The second-order valence-corrected chi connectivity index (χ2v) is 5.34. The molecule has 0 radical (unpaired) electrons. The maximum atomic E-state index is 13.2. The molecule has 0 aliphatic rings. The molecule has 5 heteroatoms. The van der Waals surface area contributed by atoms with Gasteiger partial charge in [0.05, 0.1) is 0 Å². The van der Waals surface area contributed by atoms with Gasteiger partial charge < -0.3 is 11.1 Å². The van der Waals surface area contributed by atoms with Crippen molar-refractivity contribution in [2.45, 2.75) is 13.5 Å². The van der Waals surface area contributed by atoms with Crippen LogP contribution in [0.4, 0.5) is 10.1 Å². The predicted molar refractivity (Wildman–Crippen MR) is 81.1 cm³/mol. The summed E-state index contributed by atoms with van der Waals surface area (Å²) in [5.41, 5.74) is 8.31. The molecule has 2 aromatic rings. The molecule has 3 N–H and O–H groups in total. The number of hydrogen-bond acceptors (Lipinski definition) is 2. The summed E-state index contributed by atoms with van der Waals surface area (Å²) >= 11 is 3.39. The number of primary amides is 1. The first kappa shape index (κ1) is 14.5. The maximum absolute atomic E-state index is 13.2. The summed E-state index contributed by atoms with van der Waals surface area (Å²) in [6, 6.07) is 9.74. The first-order valence-electron chi connectivity index (χ1n) is 6.05. The number of carbonyl (C=O) groups is 1. The second kappa shape index (κ2) is 6.05. The molecule has 2 aromatic carbocycles. The van der Waals surface area contributed by atoms with Gasteiger partial charge in [-0.15, -0.1) is 0 Å². The molecule has 0 aliphatic heterocycles. The van der Waals surface area contributed by atoms with E-state index in [1.54, 1.807) is 24.3 Å². The molecular formula is C15H14BrFN2O. The number of nitrogens with two attached hydrogens (primary N) is 1. The summed E-state index contributed by atoms with van der Waals surface area (Å²) in [5.74, 6) is -0.724. The zero-order chi connectivity index (χ0) is 14.7. The fourth-order valence-electron chi connectivity index (χ4n) is 1.88.